The Balaban J connectivity index is 1.51. The third-order valence-corrected chi connectivity index (χ3v) is 4.80. The van der Waals surface area contributed by atoms with Crippen LogP contribution in [0.1, 0.15) is 16.1 Å². The molecule has 0 fully saturated rings. The lowest BCUT2D eigenvalue weighted by Crippen LogP contribution is -2.13. The second-order valence-corrected chi connectivity index (χ2v) is 6.94. The maximum absolute atomic E-state index is 13.3. The Morgan fingerprint density at radius 1 is 0.968 bits per heavy atom. The molecule has 0 aliphatic heterocycles. The largest absolute Gasteiger partial charge is 0.356 e. The Bertz CT molecular complexity index is 1380. The van der Waals surface area contributed by atoms with Crippen molar-refractivity contribution in [3.8, 4) is 22.6 Å². The lowest BCUT2D eigenvalue weighted by atomic mass is 10.0. The third-order valence-electron chi connectivity index (χ3n) is 4.80. The lowest BCUT2D eigenvalue weighted by Gasteiger charge is -2.08. The van der Waals surface area contributed by atoms with E-state index in [1.165, 1.54) is 12.1 Å². The van der Waals surface area contributed by atoms with E-state index in [4.69, 9.17) is 9.05 Å². The SMILES string of the molecule is Cc1cc(C(=O)Nc2ccc(-c3ccno3)cc2)c2c(-c3ccc(F)cc3)noc2n1. The topological polar surface area (TPSA) is 94.1 Å². The predicted octanol–water partition coefficient (Wildman–Crippen LogP) is 5.24. The Hall–Kier alpha value is -4.33. The van der Waals surface area contributed by atoms with Crippen molar-refractivity contribution in [2.75, 3.05) is 5.32 Å². The van der Waals surface area contributed by atoms with Gasteiger partial charge in [-0.25, -0.2) is 9.37 Å². The molecule has 0 aliphatic rings. The highest BCUT2D eigenvalue weighted by atomic mass is 19.1. The average molecular weight is 414 g/mol. The number of anilines is 1. The molecule has 152 valence electrons. The second kappa shape index (κ2) is 7.49. The zero-order valence-corrected chi connectivity index (χ0v) is 16.3. The number of fused-ring (bicyclic) bond motifs is 1. The summed E-state index contributed by atoms with van der Waals surface area (Å²) in [6, 6.07) is 16.4. The van der Waals surface area contributed by atoms with Gasteiger partial charge in [0.25, 0.3) is 11.6 Å². The van der Waals surface area contributed by atoms with Gasteiger partial charge < -0.3 is 14.4 Å². The number of hydrogen-bond donors (Lipinski definition) is 1. The molecule has 3 heterocycles. The molecule has 2 aromatic carbocycles. The molecule has 0 spiro atoms. The normalized spacial score (nSPS) is 11.0. The fourth-order valence-electron chi connectivity index (χ4n) is 3.34. The zero-order valence-electron chi connectivity index (χ0n) is 16.3. The van der Waals surface area contributed by atoms with Gasteiger partial charge in [0, 0.05) is 28.6 Å². The molecule has 0 radical (unpaired) electrons. The number of hydrogen-bond acceptors (Lipinski definition) is 6. The summed E-state index contributed by atoms with van der Waals surface area (Å²) < 4.78 is 23.8. The molecule has 5 rings (SSSR count). The van der Waals surface area contributed by atoms with Crippen molar-refractivity contribution in [1.82, 2.24) is 15.3 Å². The molecule has 3 aromatic heterocycles. The molecular weight excluding hydrogens is 399 g/mol. The minimum Gasteiger partial charge on any atom is -0.356 e. The summed E-state index contributed by atoms with van der Waals surface area (Å²) in [5, 5.41) is 11.1. The predicted molar refractivity (Wildman–Crippen MR) is 112 cm³/mol. The van der Waals surface area contributed by atoms with Crippen LogP contribution in [0.15, 0.2) is 75.9 Å². The molecule has 1 N–H and O–H groups in total. The van der Waals surface area contributed by atoms with Crippen molar-refractivity contribution in [2.45, 2.75) is 6.92 Å². The summed E-state index contributed by atoms with van der Waals surface area (Å²) in [4.78, 5) is 17.5. The maximum Gasteiger partial charge on any atom is 0.259 e. The van der Waals surface area contributed by atoms with E-state index in [1.54, 1.807) is 49.5 Å². The van der Waals surface area contributed by atoms with E-state index in [9.17, 15) is 9.18 Å². The Kier molecular flexibility index (Phi) is 4.51. The highest BCUT2D eigenvalue weighted by Crippen LogP contribution is 2.31. The summed E-state index contributed by atoms with van der Waals surface area (Å²) >= 11 is 0. The number of benzene rings is 2. The first-order chi connectivity index (χ1) is 15.1. The van der Waals surface area contributed by atoms with Gasteiger partial charge in [-0.05, 0) is 61.5 Å². The van der Waals surface area contributed by atoms with Gasteiger partial charge in [0.2, 0.25) is 0 Å². The second-order valence-electron chi connectivity index (χ2n) is 6.94. The van der Waals surface area contributed by atoms with Crippen molar-refractivity contribution in [2.24, 2.45) is 0 Å². The Labute approximate surface area is 175 Å². The van der Waals surface area contributed by atoms with Gasteiger partial charge >= 0.3 is 0 Å². The molecular formula is C23H15FN4O3. The minimum absolute atomic E-state index is 0.241. The molecule has 8 heteroatoms. The molecule has 0 unspecified atom stereocenters. The van der Waals surface area contributed by atoms with Crippen molar-refractivity contribution in [3.63, 3.8) is 0 Å². The van der Waals surface area contributed by atoms with E-state index >= 15 is 0 Å². The first-order valence-electron chi connectivity index (χ1n) is 9.44. The Morgan fingerprint density at radius 2 is 1.71 bits per heavy atom. The molecule has 0 aliphatic carbocycles. The molecule has 1 amide bonds. The average Bonchev–Trinajstić information content (AvgIpc) is 3.44. The van der Waals surface area contributed by atoms with Gasteiger partial charge in [0.1, 0.15) is 11.5 Å². The number of carbonyl (C=O) groups excluding carboxylic acids is 1. The molecule has 0 saturated heterocycles. The van der Waals surface area contributed by atoms with Crippen LogP contribution in [0.3, 0.4) is 0 Å². The van der Waals surface area contributed by atoms with Crippen LogP contribution >= 0.6 is 0 Å². The minimum atomic E-state index is -0.364. The van der Waals surface area contributed by atoms with Gasteiger partial charge in [-0.3, -0.25) is 4.79 Å². The fourth-order valence-corrected chi connectivity index (χ4v) is 3.34. The summed E-state index contributed by atoms with van der Waals surface area (Å²) in [7, 11) is 0. The van der Waals surface area contributed by atoms with Crippen molar-refractivity contribution in [3.05, 3.63) is 83.9 Å². The van der Waals surface area contributed by atoms with Crippen LogP contribution in [0.5, 0.6) is 0 Å². The van der Waals surface area contributed by atoms with Crippen molar-refractivity contribution >= 4 is 22.7 Å². The number of nitrogens with one attached hydrogen (secondary N) is 1. The molecule has 5 aromatic rings. The third kappa shape index (κ3) is 3.55. The number of pyridine rings is 1. The van der Waals surface area contributed by atoms with Crippen LogP contribution in [0.25, 0.3) is 33.7 Å². The maximum atomic E-state index is 13.3. The van der Waals surface area contributed by atoms with Crippen LogP contribution in [0, 0.1) is 12.7 Å². The summed E-state index contributed by atoms with van der Waals surface area (Å²) in [6.45, 7) is 1.77. The number of halogens is 1. The lowest BCUT2D eigenvalue weighted by molar-refractivity contribution is 0.102. The molecule has 0 bridgehead atoms. The number of nitrogens with zero attached hydrogens (tertiary/aromatic N) is 3. The van der Waals surface area contributed by atoms with Crippen LogP contribution in [-0.2, 0) is 0 Å². The van der Waals surface area contributed by atoms with Gasteiger partial charge in [-0.15, -0.1) is 0 Å². The van der Waals surface area contributed by atoms with E-state index in [0.717, 1.165) is 5.56 Å². The molecule has 31 heavy (non-hydrogen) atoms. The highest BCUT2D eigenvalue weighted by molar-refractivity contribution is 6.14. The zero-order chi connectivity index (χ0) is 21.4. The number of carbonyl (C=O) groups is 1. The van der Waals surface area contributed by atoms with Crippen LogP contribution in [0.4, 0.5) is 10.1 Å². The van der Waals surface area contributed by atoms with Gasteiger partial charge in [0.05, 0.1) is 17.1 Å². The first kappa shape index (κ1) is 18.7. The molecule has 7 nitrogen and oxygen atoms in total. The van der Waals surface area contributed by atoms with Crippen LogP contribution < -0.4 is 5.32 Å². The quantitative estimate of drug-likeness (QED) is 0.432. The smallest absolute Gasteiger partial charge is 0.259 e. The Morgan fingerprint density at radius 3 is 2.42 bits per heavy atom. The summed E-state index contributed by atoms with van der Waals surface area (Å²) in [6.07, 6.45) is 1.57. The number of rotatable bonds is 4. The fraction of sp³-hybridized carbons (Fsp3) is 0.0435. The van der Waals surface area contributed by atoms with E-state index in [0.29, 0.717) is 39.3 Å². The molecule has 0 saturated carbocycles. The number of aromatic nitrogens is 3. The van der Waals surface area contributed by atoms with E-state index < -0.39 is 0 Å². The number of amides is 1. The van der Waals surface area contributed by atoms with Gasteiger partial charge in [-0.2, -0.15) is 0 Å². The highest BCUT2D eigenvalue weighted by Gasteiger charge is 2.21. The van der Waals surface area contributed by atoms with E-state index in [-0.39, 0.29) is 17.4 Å². The summed E-state index contributed by atoms with van der Waals surface area (Å²) in [5.74, 6) is -0.0653. The van der Waals surface area contributed by atoms with Crippen LogP contribution in [0.2, 0.25) is 0 Å². The standard InChI is InChI=1S/C23H15FN4O3/c1-13-12-18(20-21(28-31-23(20)26-13)15-2-6-16(24)7-3-15)22(29)27-17-8-4-14(5-9-17)19-10-11-25-30-19/h2-12H,1H3,(H,27,29). The van der Waals surface area contributed by atoms with Gasteiger partial charge in [-0.1, -0.05) is 10.3 Å². The van der Waals surface area contributed by atoms with E-state index in [2.05, 4.69) is 20.6 Å². The molecule has 0 atom stereocenters. The van der Waals surface area contributed by atoms with Crippen LogP contribution in [-0.4, -0.2) is 21.2 Å². The summed E-state index contributed by atoms with van der Waals surface area (Å²) in [5.41, 5.74) is 3.71. The van der Waals surface area contributed by atoms with E-state index in [1.807, 2.05) is 12.1 Å². The first-order valence-corrected chi connectivity index (χ1v) is 9.44. The van der Waals surface area contributed by atoms with Gasteiger partial charge in [0.15, 0.2) is 5.76 Å². The van der Waals surface area contributed by atoms with Crippen molar-refractivity contribution in [1.29, 1.82) is 0 Å². The van der Waals surface area contributed by atoms with Crippen molar-refractivity contribution < 1.29 is 18.2 Å². The number of aryl methyl sites for hydroxylation is 1. The monoisotopic (exact) mass is 414 g/mol.